The van der Waals surface area contributed by atoms with Crippen LogP contribution in [0.4, 0.5) is 0 Å². The van der Waals surface area contributed by atoms with E-state index in [0.29, 0.717) is 18.1 Å². The molecule has 11 heavy (non-hydrogen) atoms. The average molecular weight is 153 g/mol. The van der Waals surface area contributed by atoms with Crippen molar-refractivity contribution < 1.29 is 4.84 Å². The monoisotopic (exact) mass is 153 g/mol. The first-order valence-electron chi connectivity index (χ1n) is 4.00. The Bertz CT molecular complexity index is 167. The summed E-state index contributed by atoms with van der Waals surface area (Å²) >= 11 is 0. The van der Waals surface area contributed by atoms with Crippen molar-refractivity contribution in [1.82, 2.24) is 5.48 Å². The lowest BCUT2D eigenvalue weighted by Gasteiger charge is -2.18. The van der Waals surface area contributed by atoms with Crippen molar-refractivity contribution in [3.63, 3.8) is 0 Å². The van der Waals surface area contributed by atoms with E-state index in [0.717, 1.165) is 0 Å². The highest BCUT2D eigenvalue weighted by Crippen LogP contribution is 2.47. The highest BCUT2D eigenvalue weighted by atomic mass is 16.6. The van der Waals surface area contributed by atoms with Crippen molar-refractivity contribution in [1.29, 1.82) is 0 Å². The van der Waals surface area contributed by atoms with E-state index in [-0.39, 0.29) is 0 Å². The normalized spacial score (nSPS) is 22.3. The van der Waals surface area contributed by atoms with Gasteiger partial charge in [-0.05, 0) is 25.2 Å². The molecule has 0 aliphatic heterocycles. The first kappa shape index (κ1) is 8.58. The summed E-state index contributed by atoms with van der Waals surface area (Å²) in [5, 5.41) is 0. The summed E-state index contributed by atoms with van der Waals surface area (Å²) in [5.41, 5.74) is 3.40. The lowest BCUT2D eigenvalue weighted by Crippen LogP contribution is -2.33. The molecule has 0 radical (unpaired) electrons. The van der Waals surface area contributed by atoms with Gasteiger partial charge < -0.3 is 0 Å². The van der Waals surface area contributed by atoms with Gasteiger partial charge in [0.2, 0.25) is 0 Å². The topological polar surface area (TPSA) is 21.3 Å². The maximum absolute atomic E-state index is 5.02. The molecule has 0 aromatic heterocycles. The molecule has 62 valence electrons. The van der Waals surface area contributed by atoms with Gasteiger partial charge in [0.25, 0.3) is 0 Å². The zero-order valence-corrected chi connectivity index (χ0v) is 7.18. The van der Waals surface area contributed by atoms with Crippen LogP contribution in [0.3, 0.4) is 0 Å². The first-order chi connectivity index (χ1) is 5.19. The van der Waals surface area contributed by atoms with E-state index >= 15 is 0 Å². The lowest BCUT2D eigenvalue weighted by atomic mass is 10.0. The zero-order chi connectivity index (χ0) is 8.32. The molecule has 2 nitrogen and oxygen atoms in total. The number of rotatable bonds is 4. The molecular formula is C9H15NO. The molecule has 0 bridgehead atoms. The van der Waals surface area contributed by atoms with Crippen LogP contribution in [0, 0.1) is 17.8 Å². The van der Waals surface area contributed by atoms with Crippen molar-refractivity contribution >= 4 is 0 Å². The first-order valence-corrected chi connectivity index (χ1v) is 4.00. The fourth-order valence-corrected chi connectivity index (χ4v) is 0.981. The second-order valence-corrected chi connectivity index (χ2v) is 3.49. The highest BCUT2D eigenvalue weighted by molar-refractivity contribution is 4.95. The largest absolute Gasteiger partial charge is 0.289 e. The number of hydrogen-bond acceptors (Lipinski definition) is 2. The van der Waals surface area contributed by atoms with E-state index in [1.165, 1.54) is 12.8 Å². The molecule has 0 spiro atoms. The van der Waals surface area contributed by atoms with Crippen LogP contribution in [0.2, 0.25) is 0 Å². The van der Waals surface area contributed by atoms with E-state index < -0.39 is 0 Å². The Morgan fingerprint density at radius 1 is 1.73 bits per heavy atom. The quantitative estimate of drug-likeness (QED) is 0.374. The molecular weight excluding hydrogens is 138 g/mol. The summed E-state index contributed by atoms with van der Waals surface area (Å²) in [6.45, 7) is 4.73. The van der Waals surface area contributed by atoms with Crippen molar-refractivity contribution in [3.8, 4) is 12.3 Å². The predicted octanol–water partition coefficient (Wildman–Crippen LogP) is 1.33. The zero-order valence-electron chi connectivity index (χ0n) is 7.18. The summed E-state index contributed by atoms with van der Waals surface area (Å²) in [7, 11) is 0. The summed E-state index contributed by atoms with van der Waals surface area (Å²) in [5.74, 6) is 2.41. The minimum atomic E-state index is 0.348. The van der Waals surface area contributed by atoms with Crippen molar-refractivity contribution in [3.05, 3.63) is 0 Å². The van der Waals surface area contributed by atoms with Crippen LogP contribution < -0.4 is 5.48 Å². The molecule has 1 rings (SSSR count). The van der Waals surface area contributed by atoms with Gasteiger partial charge in [0, 0.05) is 6.04 Å². The standard InChI is InChI=1S/C9H15NO/c1-4-7-11-10-8(2)9(3)5-6-9/h1,8,10H,5-7H2,2-3H3. The number of hydrogen-bond donors (Lipinski definition) is 1. The smallest absolute Gasteiger partial charge is 0.128 e. The molecule has 1 aliphatic carbocycles. The molecule has 0 heterocycles. The third-order valence-electron chi connectivity index (χ3n) is 2.50. The maximum Gasteiger partial charge on any atom is 0.128 e. The van der Waals surface area contributed by atoms with Crippen LogP contribution in [-0.4, -0.2) is 12.6 Å². The van der Waals surface area contributed by atoms with Crippen molar-refractivity contribution in [2.75, 3.05) is 6.61 Å². The SMILES string of the molecule is C#CCONC(C)C1(C)CC1. The molecule has 2 heteroatoms. The van der Waals surface area contributed by atoms with Crippen LogP contribution in [0.15, 0.2) is 0 Å². The minimum Gasteiger partial charge on any atom is -0.289 e. The fraction of sp³-hybridized carbons (Fsp3) is 0.778. The van der Waals surface area contributed by atoms with E-state index in [2.05, 4.69) is 25.2 Å². The third-order valence-corrected chi connectivity index (χ3v) is 2.50. The van der Waals surface area contributed by atoms with E-state index in [4.69, 9.17) is 11.3 Å². The predicted molar refractivity (Wildman–Crippen MR) is 44.7 cm³/mol. The Kier molecular flexibility index (Phi) is 2.53. The molecule has 1 unspecified atom stereocenters. The van der Waals surface area contributed by atoms with Crippen LogP contribution in [0.1, 0.15) is 26.7 Å². The molecule has 1 fully saturated rings. The molecule has 0 saturated heterocycles. The number of terminal acetylenes is 1. The summed E-state index contributed by atoms with van der Waals surface area (Å²) < 4.78 is 0. The molecule has 0 aromatic rings. The molecule has 0 aromatic carbocycles. The second-order valence-electron chi connectivity index (χ2n) is 3.49. The highest BCUT2D eigenvalue weighted by Gasteiger charge is 2.42. The fourth-order valence-electron chi connectivity index (χ4n) is 0.981. The second kappa shape index (κ2) is 3.25. The van der Waals surface area contributed by atoms with Gasteiger partial charge in [0.15, 0.2) is 0 Å². The van der Waals surface area contributed by atoms with Gasteiger partial charge >= 0.3 is 0 Å². The van der Waals surface area contributed by atoms with Crippen LogP contribution in [-0.2, 0) is 4.84 Å². The summed E-state index contributed by atoms with van der Waals surface area (Å²) in [6, 6.07) is 0.413. The molecule has 0 amide bonds. The molecule has 1 N–H and O–H groups in total. The van der Waals surface area contributed by atoms with Crippen molar-refractivity contribution in [2.24, 2.45) is 5.41 Å². The van der Waals surface area contributed by atoms with Crippen LogP contribution >= 0.6 is 0 Å². The Morgan fingerprint density at radius 2 is 2.36 bits per heavy atom. The maximum atomic E-state index is 5.02. The molecule has 1 saturated carbocycles. The average Bonchev–Trinajstić information content (AvgIpc) is 2.70. The Morgan fingerprint density at radius 3 is 2.82 bits per heavy atom. The van der Waals surface area contributed by atoms with Crippen molar-refractivity contribution in [2.45, 2.75) is 32.7 Å². The van der Waals surface area contributed by atoms with E-state index in [1.807, 2.05) is 0 Å². The van der Waals surface area contributed by atoms with Gasteiger partial charge in [-0.2, -0.15) is 5.48 Å². The molecule has 1 aliphatic rings. The van der Waals surface area contributed by atoms with Gasteiger partial charge in [-0.25, -0.2) is 0 Å². The summed E-state index contributed by atoms with van der Waals surface area (Å²) in [6.07, 6.45) is 7.61. The molecule has 1 atom stereocenters. The van der Waals surface area contributed by atoms with Gasteiger partial charge in [-0.1, -0.05) is 12.8 Å². The van der Waals surface area contributed by atoms with E-state index in [1.54, 1.807) is 0 Å². The Labute approximate surface area is 68.3 Å². The van der Waals surface area contributed by atoms with Gasteiger partial charge in [-0.15, -0.1) is 6.42 Å². The number of nitrogens with one attached hydrogen (secondary N) is 1. The lowest BCUT2D eigenvalue weighted by molar-refractivity contribution is 0.0247. The van der Waals surface area contributed by atoms with Crippen LogP contribution in [0.5, 0.6) is 0 Å². The Hall–Kier alpha value is -0.520. The van der Waals surface area contributed by atoms with Gasteiger partial charge in [0.05, 0.1) is 0 Å². The van der Waals surface area contributed by atoms with E-state index in [9.17, 15) is 0 Å². The Balaban J connectivity index is 2.12. The van der Waals surface area contributed by atoms with Gasteiger partial charge in [0.1, 0.15) is 6.61 Å². The van der Waals surface area contributed by atoms with Crippen LogP contribution in [0.25, 0.3) is 0 Å². The number of hydroxylamine groups is 1. The third kappa shape index (κ3) is 2.21. The summed E-state index contributed by atoms with van der Waals surface area (Å²) in [4.78, 5) is 5.02. The van der Waals surface area contributed by atoms with Gasteiger partial charge in [-0.3, -0.25) is 4.84 Å². The minimum absolute atomic E-state index is 0.348.